The SMILES string of the molecule is CC(NCC(C)(C)NC(=O)OC(C)(C)C)c1ccn[nH]1. The van der Waals surface area contributed by atoms with Gasteiger partial charge in [0, 0.05) is 18.8 Å². The summed E-state index contributed by atoms with van der Waals surface area (Å²) in [6.45, 7) is 12.1. The van der Waals surface area contributed by atoms with E-state index in [1.807, 2.05) is 47.6 Å². The number of carbonyl (C=O) groups is 1. The van der Waals surface area contributed by atoms with Gasteiger partial charge in [0.25, 0.3) is 0 Å². The van der Waals surface area contributed by atoms with Crippen molar-refractivity contribution in [1.29, 1.82) is 0 Å². The Bertz CT molecular complexity index is 421. The number of alkyl carbamates (subject to hydrolysis) is 1. The molecular weight excluding hydrogens is 256 g/mol. The molecule has 6 heteroatoms. The van der Waals surface area contributed by atoms with Gasteiger partial charge < -0.3 is 15.4 Å². The molecule has 0 spiro atoms. The summed E-state index contributed by atoms with van der Waals surface area (Å²) in [6, 6.07) is 2.06. The maximum absolute atomic E-state index is 11.8. The van der Waals surface area contributed by atoms with Gasteiger partial charge in [0.2, 0.25) is 0 Å². The number of hydrogen-bond donors (Lipinski definition) is 3. The van der Waals surface area contributed by atoms with Crippen LogP contribution in [-0.4, -0.2) is 34.0 Å². The molecule has 1 amide bonds. The van der Waals surface area contributed by atoms with Crippen LogP contribution >= 0.6 is 0 Å². The van der Waals surface area contributed by atoms with Gasteiger partial charge in [-0.1, -0.05) is 0 Å². The second-order valence-corrected chi connectivity index (χ2v) is 6.63. The Kier molecular flexibility index (Phi) is 5.16. The quantitative estimate of drug-likeness (QED) is 0.774. The molecule has 0 aliphatic rings. The predicted molar refractivity (Wildman–Crippen MR) is 78.5 cm³/mol. The molecule has 1 aromatic heterocycles. The van der Waals surface area contributed by atoms with E-state index in [0.29, 0.717) is 6.54 Å². The van der Waals surface area contributed by atoms with E-state index >= 15 is 0 Å². The number of hydrogen-bond acceptors (Lipinski definition) is 4. The first-order valence-electron chi connectivity index (χ1n) is 6.83. The minimum Gasteiger partial charge on any atom is -0.444 e. The Hall–Kier alpha value is -1.56. The number of carbonyl (C=O) groups excluding carboxylic acids is 1. The van der Waals surface area contributed by atoms with Crippen molar-refractivity contribution in [2.75, 3.05) is 6.54 Å². The minimum atomic E-state index is -0.489. The van der Waals surface area contributed by atoms with Crippen LogP contribution in [0.4, 0.5) is 4.79 Å². The summed E-state index contributed by atoms with van der Waals surface area (Å²) in [7, 11) is 0. The molecule has 1 atom stereocenters. The van der Waals surface area contributed by atoms with E-state index in [0.717, 1.165) is 5.69 Å². The highest BCUT2D eigenvalue weighted by Crippen LogP contribution is 2.11. The molecule has 114 valence electrons. The van der Waals surface area contributed by atoms with E-state index in [4.69, 9.17) is 4.74 Å². The number of nitrogens with one attached hydrogen (secondary N) is 3. The van der Waals surface area contributed by atoms with Crippen LogP contribution in [0.25, 0.3) is 0 Å². The molecule has 0 aliphatic carbocycles. The van der Waals surface area contributed by atoms with Crippen molar-refractivity contribution < 1.29 is 9.53 Å². The topological polar surface area (TPSA) is 79.0 Å². The Morgan fingerprint density at radius 1 is 1.40 bits per heavy atom. The Balaban J connectivity index is 2.43. The summed E-state index contributed by atoms with van der Waals surface area (Å²) in [4.78, 5) is 11.8. The maximum atomic E-state index is 11.8. The largest absolute Gasteiger partial charge is 0.444 e. The number of aromatic amines is 1. The van der Waals surface area contributed by atoms with Gasteiger partial charge in [-0.2, -0.15) is 5.10 Å². The Labute approximate surface area is 120 Å². The third-order valence-electron chi connectivity index (χ3n) is 2.68. The number of rotatable bonds is 5. The van der Waals surface area contributed by atoms with E-state index in [1.54, 1.807) is 6.20 Å². The van der Waals surface area contributed by atoms with Gasteiger partial charge in [0.15, 0.2) is 0 Å². The van der Waals surface area contributed by atoms with Crippen LogP contribution in [-0.2, 0) is 4.74 Å². The molecule has 0 saturated heterocycles. The van der Waals surface area contributed by atoms with Crippen molar-refractivity contribution in [3.8, 4) is 0 Å². The lowest BCUT2D eigenvalue weighted by Gasteiger charge is -2.30. The predicted octanol–water partition coefficient (Wildman–Crippen LogP) is 2.36. The first-order chi connectivity index (χ1) is 9.09. The van der Waals surface area contributed by atoms with Crippen molar-refractivity contribution in [1.82, 2.24) is 20.8 Å². The highest BCUT2D eigenvalue weighted by Gasteiger charge is 2.25. The molecule has 3 N–H and O–H groups in total. The van der Waals surface area contributed by atoms with Crippen LogP contribution in [0.15, 0.2) is 12.3 Å². The standard InChI is InChI=1S/C14H26N4O2/c1-10(11-7-8-16-18-11)15-9-14(5,6)17-12(19)20-13(2,3)4/h7-8,10,15H,9H2,1-6H3,(H,16,18)(H,17,19). The normalized spacial score (nSPS) is 13.9. The Morgan fingerprint density at radius 2 is 2.05 bits per heavy atom. The second kappa shape index (κ2) is 6.26. The van der Waals surface area contributed by atoms with Crippen LogP contribution in [0.2, 0.25) is 0 Å². The highest BCUT2D eigenvalue weighted by molar-refractivity contribution is 5.68. The molecule has 0 aromatic carbocycles. The first-order valence-corrected chi connectivity index (χ1v) is 6.83. The van der Waals surface area contributed by atoms with Gasteiger partial charge in [0.1, 0.15) is 5.60 Å². The summed E-state index contributed by atoms with van der Waals surface area (Å²) >= 11 is 0. The van der Waals surface area contributed by atoms with Crippen molar-refractivity contribution in [3.63, 3.8) is 0 Å². The summed E-state index contributed by atoms with van der Waals surface area (Å²) < 4.78 is 5.26. The van der Waals surface area contributed by atoms with Crippen molar-refractivity contribution in [2.24, 2.45) is 0 Å². The van der Waals surface area contributed by atoms with Gasteiger partial charge >= 0.3 is 6.09 Å². The van der Waals surface area contributed by atoms with Crippen LogP contribution in [0.1, 0.15) is 53.3 Å². The summed E-state index contributed by atoms with van der Waals surface area (Å²) in [5.74, 6) is 0. The monoisotopic (exact) mass is 282 g/mol. The fourth-order valence-electron chi connectivity index (χ4n) is 1.65. The van der Waals surface area contributed by atoms with Crippen LogP contribution < -0.4 is 10.6 Å². The molecule has 0 aliphatic heterocycles. The molecule has 20 heavy (non-hydrogen) atoms. The smallest absolute Gasteiger partial charge is 0.408 e. The molecule has 6 nitrogen and oxygen atoms in total. The number of ether oxygens (including phenoxy) is 1. The Morgan fingerprint density at radius 3 is 2.55 bits per heavy atom. The summed E-state index contributed by atoms with van der Waals surface area (Å²) in [6.07, 6.45) is 1.32. The van der Waals surface area contributed by atoms with Crippen molar-refractivity contribution in [3.05, 3.63) is 18.0 Å². The summed E-state index contributed by atoms with van der Waals surface area (Å²) in [5, 5.41) is 13.1. The molecular formula is C14H26N4O2. The van der Waals surface area contributed by atoms with Gasteiger partial charge in [-0.25, -0.2) is 4.79 Å². The van der Waals surface area contributed by atoms with E-state index in [9.17, 15) is 4.79 Å². The zero-order valence-electron chi connectivity index (χ0n) is 13.2. The lowest BCUT2D eigenvalue weighted by Crippen LogP contribution is -2.51. The fraction of sp³-hybridized carbons (Fsp3) is 0.714. The number of amides is 1. The van der Waals surface area contributed by atoms with E-state index < -0.39 is 17.2 Å². The summed E-state index contributed by atoms with van der Waals surface area (Å²) in [5.41, 5.74) is 0.117. The van der Waals surface area contributed by atoms with Crippen LogP contribution in [0.3, 0.4) is 0 Å². The first kappa shape index (κ1) is 16.5. The van der Waals surface area contributed by atoms with Gasteiger partial charge in [-0.15, -0.1) is 0 Å². The molecule has 1 heterocycles. The second-order valence-electron chi connectivity index (χ2n) is 6.63. The van der Waals surface area contributed by atoms with Gasteiger partial charge in [-0.05, 0) is 47.6 Å². The van der Waals surface area contributed by atoms with Crippen molar-refractivity contribution in [2.45, 2.75) is 58.7 Å². The van der Waals surface area contributed by atoms with Crippen LogP contribution in [0.5, 0.6) is 0 Å². The van der Waals surface area contributed by atoms with Crippen molar-refractivity contribution >= 4 is 6.09 Å². The van der Waals surface area contributed by atoms with E-state index in [1.165, 1.54) is 0 Å². The molecule has 0 fully saturated rings. The zero-order valence-corrected chi connectivity index (χ0v) is 13.2. The number of H-pyrrole nitrogens is 1. The third-order valence-corrected chi connectivity index (χ3v) is 2.68. The number of nitrogens with zero attached hydrogens (tertiary/aromatic N) is 1. The lowest BCUT2D eigenvalue weighted by molar-refractivity contribution is 0.0471. The lowest BCUT2D eigenvalue weighted by atomic mass is 10.1. The molecule has 0 saturated carbocycles. The molecule has 0 bridgehead atoms. The molecule has 1 rings (SSSR count). The zero-order chi connectivity index (χ0) is 15.4. The average molecular weight is 282 g/mol. The highest BCUT2D eigenvalue weighted by atomic mass is 16.6. The maximum Gasteiger partial charge on any atom is 0.408 e. The minimum absolute atomic E-state index is 0.136. The third kappa shape index (κ3) is 6.06. The number of aromatic nitrogens is 2. The van der Waals surface area contributed by atoms with E-state index in [-0.39, 0.29) is 6.04 Å². The fourth-order valence-corrected chi connectivity index (χ4v) is 1.65. The van der Waals surface area contributed by atoms with Crippen LogP contribution in [0, 0.1) is 0 Å². The van der Waals surface area contributed by atoms with Gasteiger partial charge in [0.05, 0.1) is 11.2 Å². The van der Waals surface area contributed by atoms with E-state index in [2.05, 4.69) is 20.8 Å². The average Bonchev–Trinajstić information content (AvgIpc) is 2.75. The molecule has 1 unspecified atom stereocenters. The van der Waals surface area contributed by atoms with Gasteiger partial charge in [-0.3, -0.25) is 5.10 Å². The molecule has 0 radical (unpaired) electrons. The molecule has 1 aromatic rings.